The second-order valence-corrected chi connectivity index (χ2v) is 5.51. The van der Waals surface area contributed by atoms with Crippen molar-refractivity contribution < 1.29 is 4.79 Å². The number of halogens is 1. The van der Waals surface area contributed by atoms with Gasteiger partial charge >= 0.3 is 0 Å². The summed E-state index contributed by atoms with van der Waals surface area (Å²) in [6, 6.07) is 11.2. The van der Waals surface area contributed by atoms with E-state index in [-0.39, 0.29) is 5.91 Å². The van der Waals surface area contributed by atoms with Gasteiger partial charge < -0.3 is 15.5 Å². The Morgan fingerprint density at radius 1 is 1.29 bits per heavy atom. The van der Waals surface area contributed by atoms with Crippen molar-refractivity contribution in [2.75, 3.05) is 5.32 Å². The van der Waals surface area contributed by atoms with Gasteiger partial charge in [-0.15, -0.1) is 0 Å². The van der Waals surface area contributed by atoms with Gasteiger partial charge in [0.15, 0.2) is 0 Å². The number of pyridine rings is 1. The fraction of sp³-hybridized carbons (Fsp3) is 0.0667. The zero-order valence-corrected chi connectivity index (χ0v) is 12.7. The van der Waals surface area contributed by atoms with Crippen LogP contribution >= 0.6 is 15.9 Å². The number of amides is 1. The molecular weight excluding hydrogens is 332 g/mol. The van der Waals surface area contributed by atoms with Gasteiger partial charge in [-0.2, -0.15) is 0 Å². The van der Waals surface area contributed by atoms with Crippen molar-refractivity contribution in [3.63, 3.8) is 0 Å². The van der Waals surface area contributed by atoms with Crippen LogP contribution < -0.4 is 11.1 Å². The Balaban J connectivity index is 1.87. The molecule has 0 radical (unpaired) electrons. The maximum Gasteiger partial charge on any atom is 0.275 e. The Morgan fingerprint density at radius 3 is 2.90 bits per heavy atom. The standard InChI is InChI=1S/C15H13BrN4O/c16-11-2-1-3-12(6-11)18-15(21)13-9-20-8-10(7-17)4-5-14(20)19-13/h1-6,8-9H,7,17H2,(H,18,21). The SMILES string of the molecule is NCc1ccc2nc(C(=O)Nc3cccc(Br)c3)cn2c1. The van der Waals surface area contributed by atoms with Crippen LogP contribution in [0.3, 0.4) is 0 Å². The Bertz CT molecular complexity index is 812. The Morgan fingerprint density at radius 2 is 2.14 bits per heavy atom. The highest BCUT2D eigenvalue weighted by Crippen LogP contribution is 2.16. The molecule has 0 aliphatic rings. The lowest BCUT2D eigenvalue weighted by molar-refractivity contribution is 0.102. The van der Waals surface area contributed by atoms with Crippen LogP contribution in [-0.4, -0.2) is 15.3 Å². The number of rotatable bonds is 3. The molecule has 0 aliphatic heterocycles. The first-order valence-electron chi connectivity index (χ1n) is 6.40. The first kappa shape index (κ1) is 13.8. The fourth-order valence-corrected chi connectivity index (χ4v) is 2.43. The predicted octanol–water partition coefficient (Wildman–Crippen LogP) is 2.81. The van der Waals surface area contributed by atoms with Crippen molar-refractivity contribution in [1.29, 1.82) is 0 Å². The lowest BCUT2D eigenvalue weighted by atomic mass is 10.3. The van der Waals surface area contributed by atoms with Crippen LogP contribution in [0.25, 0.3) is 5.65 Å². The van der Waals surface area contributed by atoms with Gasteiger partial charge in [0.2, 0.25) is 0 Å². The summed E-state index contributed by atoms with van der Waals surface area (Å²) in [7, 11) is 0. The maximum atomic E-state index is 12.2. The normalized spacial score (nSPS) is 10.8. The van der Waals surface area contributed by atoms with Crippen molar-refractivity contribution in [2.45, 2.75) is 6.54 Å². The number of carbonyl (C=O) groups excluding carboxylic acids is 1. The molecule has 3 aromatic rings. The molecule has 1 aromatic carbocycles. The monoisotopic (exact) mass is 344 g/mol. The minimum absolute atomic E-state index is 0.244. The van der Waals surface area contributed by atoms with Crippen molar-refractivity contribution in [1.82, 2.24) is 9.38 Å². The summed E-state index contributed by atoms with van der Waals surface area (Å²) in [5.41, 5.74) is 8.39. The Kier molecular flexibility index (Phi) is 3.72. The molecule has 0 bridgehead atoms. The number of nitrogens with two attached hydrogens (primary N) is 1. The van der Waals surface area contributed by atoms with Gasteiger partial charge in [-0.05, 0) is 29.8 Å². The number of fused-ring (bicyclic) bond motifs is 1. The quantitative estimate of drug-likeness (QED) is 0.767. The van der Waals surface area contributed by atoms with E-state index in [2.05, 4.69) is 26.2 Å². The zero-order chi connectivity index (χ0) is 14.8. The number of nitrogens with zero attached hydrogens (tertiary/aromatic N) is 2. The molecule has 0 unspecified atom stereocenters. The van der Waals surface area contributed by atoms with Gasteiger partial charge in [-0.3, -0.25) is 4.79 Å². The molecule has 1 amide bonds. The molecule has 0 fully saturated rings. The van der Waals surface area contributed by atoms with E-state index in [1.165, 1.54) is 0 Å². The topological polar surface area (TPSA) is 72.4 Å². The van der Waals surface area contributed by atoms with Gasteiger partial charge in [0.25, 0.3) is 5.91 Å². The first-order chi connectivity index (χ1) is 10.2. The average Bonchev–Trinajstić information content (AvgIpc) is 2.90. The summed E-state index contributed by atoms with van der Waals surface area (Å²) >= 11 is 3.37. The van der Waals surface area contributed by atoms with E-state index in [1.807, 2.05) is 42.6 Å². The number of carbonyl (C=O) groups is 1. The van der Waals surface area contributed by atoms with Crippen LogP contribution in [0, 0.1) is 0 Å². The average molecular weight is 345 g/mol. The summed E-state index contributed by atoms with van der Waals surface area (Å²) < 4.78 is 2.71. The van der Waals surface area contributed by atoms with Crippen LogP contribution in [0.4, 0.5) is 5.69 Å². The predicted molar refractivity (Wildman–Crippen MR) is 85.2 cm³/mol. The lowest BCUT2D eigenvalue weighted by Crippen LogP contribution is -2.12. The first-order valence-corrected chi connectivity index (χ1v) is 7.19. The number of benzene rings is 1. The lowest BCUT2D eigenvalue weighted by Gasteiger charge is -2.02. The highest BCUT2D eigenvalue weighted by Gasteiger charge is 2.11. The Hall–Kier alpha value is -2.18. The van der Waals surface area contributed by atoms with E-state index < -0.39 is 0 Å². The maximum absolute atomic E-state index is 12.2. The minimum atomic E-state index is -0.244. The third-order valence-corrected chi connectivity index (χ3v) is 3.56. The molecule has 5 nitrogen and oxygen atoms in total. The second-order valence-electron chi connectivity index (χ2n) is 4.60. The molecule has 0 spiro atoms. The molecule has 2 heterocycles. The summed E-state index contributed by atoms with van der Waals surface area (Å²) in [4.78, 5) is 16.5. The second kappa shape index (κ2) is 5.67. The molecule has 3 rings (SSSR count). The third-order valence-electron chi connectivity index (χ3n) is 3.06. The molecule has 106 valence electrons. The van der Waals surface area contributed by atoms with Crippen LogP contribution in [-0.2, 0) is 6.54 Å². The van der Waals surface area contributed by atoms with Gasteiger partial charge in [0, 0.05) is 29.1 Å². The van der Waals surface area contributed by atoms with Crippen LogP contribution in [0.5, 0.6) is 0 Å². The third kappa shape index (κ3) is 2.96. The molecule has 2 aromatic heterocycles. The molecule has 6 heteroatoms. The minimum Gasteiger partial charge on any atom is -0.326 e. The number of imidazole rings is 1. The van der Waals surface area contributed by atoms with E-state index in [1.54, 1.807) is 10.6 Å². The van der Waals surface area contributed by atoms with Crippen molar-refractivity contribution in [2.24, 2.45) is 5.73 Å². The highest BCUT2D eigenvalue weighted by atomic mass is 79.9. The van der Waals surface area contributed by atoms with Crippen LogP contribution in [0.2, 0.25) is 0 Å². The number of anilines is 1. The molecule has 0 atom stereocenters. The fourth-order valence-electron chi connectivity index (χ4n) is 2.03. The van der Waals surface area contributed by atoms with E-state index in [0.29, 0.717) is 23.6 Å². The summed E-state index contributed by atoms with van der Waals surface area (Å²) in [6.07, 6.45) is 3.57. The summed E-state index contributed by atoms with van der Waals surface area (Å²) in [5.74, 6) is -0.244. The molecular formula is C15H13BrN4O. The van der Waals surface area contributed by atoms with E-state index in [4.69, 9.17) is 5.73 Å². The molecule has 0 aliphatic carbocycles. The van der Waals surface area contributed by atoms with Crippen LogP contribution in [0.1, 0.15) is 16.1 Å². The van der Waals surface area contributed by atoms with E-state index in [0.717, 1.165) is 10.0 Å². The summed E-state index contributed by atoms with van der Waals surface area (Å²) in [6.45, 7) is 0.452. The zero-order valence-electron chi connectivity index (χ0n) is 11.1. The van der Waals surface area contributed by atoms with Crippen molar-refractivity contribution >= 4 is 33.2 Å². The smallest absolute Gasteiger partial charge is 0.275 e. The van der Waals surface area contributed by atoms with Gasteiger partial charge in [-0.25, -0.2) is 4.98 Å². The molecule has 3 N–H and O–H groups in total. The van der Waals surface area contributed by atoms with Gasteiger partial charge in [-0.1, -0.05) is 28.1 Å². The highest BCUT2D eigenvalue weighted by molar-refractivity contribution is 9.10. The summed E-state index contributed by atoms with van der Waals surface area (Å²) in [5, 5.41) is 2.82. The molecule has 21 heavy (non-hydrogen) atoms. The van der Waals surface area contributed by atoms with E-state index >= 15 is 0 Å². The van der Waals surface area contributed by atoms with Crippen molar-refractivity contribution in [3.8, 4) is 0 Å². The number of hydrogen-bond donors (Lipinski definition) is 2. The van der Waals surface area contributed by atoms with Gasteiger partial charge in [0.1, 0.15) is 11.3 Å². The number of nitrogens with one attached hydrogen (secondary N) is 1. The molecule has 0 saturated heterocycles. The Labute approximate surface area is 129 Å². The molecule has 0 saturated carbocycles. The van der Waals surface area contributed by atoms with Crippen molar-refractivity contribution in [3.05, 3.63) is 64.5 Å². The number of aromatic nitrogens is 2. The largest absolute Gasteiger partial charge is 0.326 e. The van der Waals surface area contributed by atoms with Crippen LogP contribution in [0.15, 0.2) is 53.3 Å². The van der Waals surface area contributed by atoms with Gasteiger partial charge in [0.05, 0.1) is 0 Å². The number of hydrogen-bond acceptors (Lipinski definition) is 3. The van der Waals surface area contributed by atoms with E-state index in [9.17, 15) is 4.79 Å².